The number of rotatable bonds is 10. The molecule has 2 heterocycles. The van der Waals surface area contributed by atoms with E-state index in [4.69, 9.17) is 36.5 Å². The van der Waals surface area contributed by atoms with E-state index >= 15 is 0 Å². The first-order chi connectivity index (χ1) is 16.5. The highest BCUT2D eigenvalue weighted by atomic mass is 32.1. The molecule has 10 nitrogen and oxygen atoms in total. The highest BCUT2D eigenvalue weighted by Gasteiger charge is 2.44. The number of nitrogens with zero attached hydrogens (tertiary/aromatic N) is 2. The normalized spacial score (nSPS) is 24.6. The van der Waals surface area contributed by atoms with Crippen LogP contribution in [0.15, 0.2) is 42.6 Å². The van der Waals surface area contributed by atoms with Gasteiger partial charge in [-0.1, -0.05) is 32.0 Å². The molecular weight excluding hydrogens is 493 g/mol. The van der Waals surface area contributed by atoms with Crippen molar-refractivity contribution in [3.8, 4) is 5.75 Å². The Morgan fingerprint density at radius 3 is 2.60 bits per heavy atom. The molecule has 0 spiro atoms. The fourth-order valence-corrected chi connectivity index (χ4v) is 5.81. The van der Waals surface area contributed by atoms with Crippen LogP contribution in [0.4, 0.5) is 5.82 Å². The van der Waals surface area contributed by atoms with Crippen molar-refractivity contribution < 1.29 is 33.0 Å². The van der Waals surface area contributed by atoms with Crippen LogP contribution in [0.2, 0.25) is 0 Å². The van der Waals surface area contributed by atoms with Gasteiger partial charge in [-0.05, 0) is 44.3 Å². The number of ether oxygens (including phenoxy) is 2. The number of anilines is 1. The molecule has 1 aromatic carbocycles. The van der Waals surface area contributed by atoms with Gasteiger partial charge < -0.3 is 24.8 Å². The molecule has 192 valence electrons. The van der Waals surface area contributed by atoms with Crippen LogP contribution in [0.3, 0.4) is 0 Å². The molecule has 1 saturated heterocycles. The van der Waals surface area contributed by atoms with Crippen LogP contribution in [-0.2, 0) is 23.4 Å². The monoisotopic (exact) mass is 525 g/mol. The van der Waals surface area contributed by atoms with E-state index in [9.17, 15) is 14.5 Å². The van der Waals surface area contributed by atoms with Crippen molar-refractivity contribution in [3.63, 3.8) is 0 Å². The quantitative estimate of drug-likeness (QED) is 0.266. The number of benzene rings is 1. The van der Waals surface area contributed by atoms with Crippen LogP contribution in [0.5, 0.6) is 5.75 Å². The molecule has 2 aromatic rings. The van der Waals surface area contributed by atoms with Crippen molar-refractivity contribution >= 4 is 31.6 Å². The number of esters is 1. The number of aliphatic hydroxyl groups excluding tert-OH is 1. The Balaban J connectivity index is 1.75. The summed E-state index contributed by atoms with van der Waals surface area (Å²) in [6, 6.07) is 10.1. The lowest BCUT2D eigenvalue weighted by Gasteiger charge is -2.24. The Bertz CT molecular complexity index is 1110. The van der Waals surface area contributed by atoms with E-state index in [1.165, 1.54) is 0 Å². The van der Waals surface area contributed by atoms with Crippen LogP contribution in [0, 0.1) is 16.6 Å². The average molecular weight is 526 g/mol. The minimum absolute atomic E-state index is 0.206. The molecule has 0 aliphatic carbocycles. The third-order valence-corrected chi connectivity index (χ3v) is 7.81. The van der Waals surface area contributed by atoms with Crippen molar-refractivity contribution in [2.75, 3.05) is 18.5 Å². The van der Waals surface area contributed by atoms with Gasteiger partial charge in [0, 0.05) is 12.1 Å². The molecule has 1 fully saturated rings. The summed E-state index contributed by atoms with van der Waals surface area (Å²) in [6.07, 6.45) is -1.24. The number of hydrogen-bond acceptors (Lipinski definition) is 10. The van der Waals surface area contributed by atoms with E-state index in [-0.39, 0.29) is 35.4 Å². The van der Waals surface area contributed by atoms with Crippen molar-refractivity contribution in [1.82, 2.24) is 9.55 Å². The maximum atomic E-state index is 13.7. The number of hydrogen-bond donors (Lipinski definition) is 2. The molecule has 12 heteroatoms. The fraction of sp³-hybridized carbons (Fsp3) is 0.522. The van der Waals surface area contributed by atoms with E-state index < -0.39 is 37.9 Å². The Kier molecular flexibility index (Phi) is 9.06. The number of nitrogens with two attached hydrogens (primary N) is 1. The first-order valence-electron chi connectivity index (χ1n) is 11.4. The molecule has 3 N–H and O–H groups in total. The van der Waals surface area contributed by atoms with Crippen LogP contribution < -0.4 is 10.3 Å². The first kappa shape index (κ1) is 27.3. The van der Waals surface area contributed by atoms with E-state index in [2.05, 4.69) is 4.98 Å². The third kappa shape index (κ3) is 7.11. The summed E-state index contributed by atoms with van der Waals surface area (Å²) in [6.45, 7) is 6.65. The average Bonchev–Trinajstić information content (AvgIpc) is 3.06. The second-order valence-corrected chi connectivity index (χ2v) is 11.2. The minimum Gasteiger partial charge on any atom is -0.463 e. The van der Waals surface area contributed by atoms with Crippen LogP contribution >= 0.6 is 19.8 Å². The van der Waals surface area contributed by atoms with Crippen LogP contribution in [0.1, 0.15) is 33.9 Å². The number of carbonyl (C=O) groups is 1. The zero-order valence-corrected chi connectivity index (χ0v) is 21.9. The largest absolute Gasteiger partial charge is 0.463 e. The SMILES string of the molecule is CC(C)OC(=O)[C@H](C)CP(=O)(OC[C@H]1O[C@@H](n2ccc(N)nc2=S)C(C)[C@H]1O)Oc1ccccc1. The van der Waals surface area contributed by atoms with Crippen molar-refractivity contribution in [1.29, 1.82) is 0 Å². The van der Waals surface area contributed by atoms with Gasteiger partial charge in [0.25, 0.3) is 0 Å². The predicted molar refractivity (Wildman–Crippen MR) is 132 cm³/mol. The lowest BCUT2D eigenvalue weighted by atomic mass is 10.0. The number of carbonyl (C=O) groups excluding carboxylic acids is 1. The van der Waals surface area contributed by atoms with Gasteiger partial charge in [-0.25, -0.2) is 9.55 Å². The Labute approximate surface area is 209 Å². The van der Waals surface area contributed by atoms with Gasteiger partial charge >= 0.3 is 13.6 Å². The van der Waals surface area contributed by atoms with Gasteiger partial charge in [0.2, 0.25) is 4.77 Å². The molecule has 1 aliphatic heterocycles. The zero-order chi connectivity index (χ0) is 25.8. The Morgan fingerprint density at radius 2 is 1.97 bits per heavy atom. The van der Waals surface area contributed by atoms with Gasteiger partial charge in [0.1, 0.15) is 23.9 Å². The molecular formula is C23H32N3O7PS. The predicted octanol–water partition coefficient (Wildman–Crippen LogP) is 3.97. The van der Waals surface area contributed by atoms with Gasteiger partial charge in [-0.15, -0.1) is 0 Å². The number of para-hydroxylation sites is 1. The molecule has 0 bridgehead atoms. The summed E-state index contributed by atoms with van der Waals surface area (Å²) in [4.78, 5) is 16.4. The smallest absolute Gasteiger partial charge is 0.380 e. The number of nitrogen functional groups attached to an aromatic ring is 1. The molecule has 0 amide bonds. The molecule has 2 unspecified atom stereocenters. The third-order valence-electron chi connectivity index (χ3n) is 5.48. The second-order valence-electron chi connectivity index (χ2n) is 8.84. The molecule has 6 atom stereocenters. The molecule has 0 saturated carbocycles. The minimum atomic E-state index is -3.85. The van der Waals surface area contributed by atoms with Gasteiger partial charge in [0.15, 0.2) is 0 Å². The Morgan fingerprint density at radius 1 is 1.29 bits per heavy atom. The lowest BCUT2D eigenvalue weighted by molar-refractivity contribution is -0.151. The molecule has 0 radical (unpaired) electrons. The van der Waals surface area contributed by atoms with Crippen LogP contribution in [-0.4, -0.2) is 51.7 Å². The summed E-state index contributed by atoms with van der Waals surface area (Å²) in [5.41, 5.74) is 5.68. The highest BCUT2D eigenvalue weighted by Crippen LogP contribution is 2.51. The first-order valence-corrected chi connectivity index (χ1v) is 13.5. The maximum absolute atomic E-state index is 13.7. The van der Waals surface area contributed by atoms with Crippen molar-refractivity contribution in [2.24, 2.45) is 11.8 Å². The molecule has 1 aliphatic rings. The fourth-order valence-electron chi connectivity index (χ4n) is 3.67. The van der Waals surface area contributed by atoms with E-state index in [1.807, 2.05) is 0 Å². The topological polar surface area (TPSA) is 135 Å². The second kappa shape index (κ2) is 11.6. The summed E-state index contributed by atoms with van der Waals surface area (Å²) < 4.78 is 38.3. The lowest BCUT2D eigenvalue weighted by Crippen LogP contribution is -2.30. The maximum Gasteiger partial charge on any atom is 0.380 e. The molecule has 1 aromatic heterocycles. The van der Waals surface area contributed by atoms with E-state index in [0.717, 1.165) is 0 Å². The van der Waals surface area contributed by atoms with Crippen molar-refractivity contribution in [3.05, 3.63) is 47.4 Å². The summed E-state index contributed by atoms with van der Waals surface area (Å²) in [7, 11) is -3.85. The van der Waals surface area contributed by atoms with E-state index in [0.29, 0.717) is 5.75 Å². The van der Waals surface area contributed by atoms with Gasteiger partial charge in [-0.2, -0.15) is 0 Å². The summed E-state index contributed by atoms with van der Waals surface area (Å²) in [5.74, 6) is -1.00. The number of aromatic nitrogens is 2. The van der Waals surface area contributed by atoms with Crippen LogP contribution in [0.25, 0.3) is 0 Å². The summed E-state index contributed by atoms with van der Waals surface area (Å²) in [5, 5.41) is 10.8. The van der Waals surface area contributed by atoms with Gasteiger partial charge in [-0.3, -0.25) is 13.9 Å². The molecule has 35 heavy (non-hydrogen) atoms. The highest BCUT2D eigenvalue weighted by molar-refractivity contribution is 7.71. The molecule has 3 rings (SSSR count). The van der Waals surface area contributed by atoms with E-state index in [1.54, 1.807) is 74.9 Å². The zero-order valence-electron chi connectivity index (χ0n) is 20.1. The van der Waals surface area contributed by atoms with Crippen molar-refractivity contribution in [2.45, 2.75) is 52.2 Å². The Hall–Kier alpha value is -2.30. The number of aliphatic hydroxyl groups is 1. The van der Waals surface area contributed by atoms with Gasteiger partial charge in [0.05, 0.1) is 30.9 Å². The summed E-state index contributed by atoms with van der Waals surface area (Å²) >= 11 is 5.28. The standard InChI is InChI=1S/C23H32N3O7PS/c1-14(2)31-22(28)15(3)13-34(29,33-17-8-6-5-7-9-17)30-12-18-20(27)16(4)21(32-18)26-11-10-19(24)25-23(26)35/h5-11,14-16,18,20-21,27H,12-13H2,1-4H3,(H2,24,25,35)/t15-,16?,18-,20-,21-,34?/m1/s1.